The molecule has 27 heavy (non-hydrogen) atoms. The summed E-state index contributed by atoms with van der Waals surface area (Å²) in [5, 5.41) is 0. The highest BCUT2D eigenvalue weighted by molar-refractivity contribution is 5.40. The Balaban J connectivity index is 1.42. The van der Waals surface area contributed by atoms with Gasteiger partial charge in [-0.25, -0.2) is 9.97 Å². The van der Waals surface area contributed by atoms with Crippen LogP contribution in [0.2, 0.25) is 0 Å². The number of ether oxygens (including phenoxy) is 2. The maximum atomic E-state index is 5.15. The van der Waals surface area contributed by atoms with Gasteiger partial charge in [-0.05, 0) is 31.7 Å². The average molecular weight is 371 g/mol. The molecular weight excluding hydrogens is 346 g/mol. The zero-order valence-electron chi connectivity index (χ0n) is 16.0. The topological polar surface area (TPSA) is 89.4 Å². The summed E-state index contributed by atoms with van der Waals surface area (Å²) in [5.74, 6) is 3.15. The zero-order valence-corrected chi connectivity index (χ0v) is 16.0. The molecule has 0 atom stereocenters. The molecule has 0 aromatic carbocycles. The first-order valence-corrected chi connectivity index (χ1v) is 9.32. The molecule has 0 unspecified atom stereocenters. The average Bonchev–Trinajstić information content (AvgIpc) is 3.58. The van der Waals surface area contributed by atoms with E-state index in [-0.39, 0.29) is 12.0 Å². The molecule has 2 aromatic heterocycles. The largest absolute Gasteiger partial charge is 0.467 e. The fraction of sp³-hybridized carbons (Fsp3) is 0.611. The van der Waals surface area contributed by atoms with Crippen LogP contribution in [-0.4, -0.2) is 65.3 Å². The van der Waals surface area contributed by atoms with E-state index in [1.807, 2.05) is 12.3 Å². The smallest absolute Gasteiger partial charge is 0.324 e. The van der Waals surface area contributed by atoms with E-state index in [1.54, 1.807) is 0 Å². The van der Waals surface area contributed by atoms with E-state index in [0.717, 1.165) is 37.6 Å². The normalized spacial score (nSPS) is 17.7. The highest BCUT2D eigenvalue weighted by Gasteiger charge is 2.29. The standard InChI is InChI=1S/C18H25N7O2/c1-24(14-6-9-19-15(20-14)12-4-5-12)13-7-10-25(11-8-13)16-21-17(26-2)23-18(22-16)27-3/h6,9,12-13H,4-5,7-8,10-11H2,1-3H3. The maximum Gasteiger partial charge on any atom is 0.324 e. The summed E-state index contributed by atoms with van der Waals surface area (Å²) < 4.78 is 10.3. The Bertz CT molecular complexity index is 769. The first kappa shape index (κ1) is 17.7. The van der Waals surface area contributed by atoms with Gasteiger partial charge in [-0.3, -0.25) is 0 Å². The predicted molar refractivity (Wildman–Crippen MR) is 101 cm³/mol. The number of rotatable bonds is 6. The van der Waals surface area contributed by atoms with Gasteiger partial charge in [0.05, 0.1) is 14.2 Å². The summed E-state index contributed by atoms with van der Waals surface area (Å²) >= 11 is 0. The van der Waals surface area contributed by atoms with Crippen molar-refractivity contribution in [1.82, 2.24) is 24.9 Å². The molecule has 0 N–H and O–H groups in total. The van der Waals surface area contributed by atoms with Crippen molar-refractivity contribution < 1.29 is 9.47 Å². The predicted octanol–water partition coefficient (Wildman–Crippen LogP) is 1.66. The van der Waals surface area contributed by atoms with Crippen LogP contribution in [0.4, 0.5) is 11.8 Å². The minimum atomic E-state index is 0.268. The van der Waals surface area contributed by atoms with Crippen LogP contribution in [0.5, 0.6) is 12.0 Å². The van der Waals surface area contributed by atoms with E-state index < -0.39 is 0 Å². The SMILES string of the molecule is COc1nc(OC)nc(N2CCC(N(C)c3ccnc(C4CC4)n3)CC2)n1. The number of nitrogens with zero attached hydrogens (tertiary/aromatic N) is 7. The van der Waals surface area contributed by atoms with Crippen LogP contribution in [0.1, 0.15) is 37.4 Å². The third kappa shape index (κ3) is 3.86. The Kier molecular flexibility index (Phi) is 4.91. The van der Waals surface area contributed by atoms with Crippen molar-refractivity contribution in [2.24, 2.45) is 0 Å². The van der Waals surface area contributed by atoms with E-state index in [0.29, 0.717) is 17.9 Å². The minimum absolute atomic E-state index is 0.268. The second-order valence-electron chi connectivity index (χ2n) is 6.99. The lowest BCUT2D eigenvalue weighted by Crippen LogP contribution is -2.44. The van der Waals surface area contributed by atoms with Gasteiger partial charge in [0.2, 0.25) is 5.95 Å². The third-order valence-corrected chi connectivity index (χ3v) is 5.21. The van der Waals surface area contributed by atoms with Gasteiger partial charge in [0.15, 0.2) is 0 Å². The van der Waals surface area contributed by atoms with Gasteiger partial charge in [0, 0.05) is 38.3 Å². The third-order valence-electron chi connectivity index (χ3n) is 5.21. The summed E-state index contributed by atoms with van der Waals surface area (Å²) in [4.78, 5) is 26.4. The Labute approximate surface area is 158 Å². The summed E-state index contributed by atoms with van der Waals surface area (Å²) in [7, 11) is 5.20. The fourth-order valence-electron chi connectivity index (χ4n) is 3.39. The molecule has 4 rings (SSSR count). The van der Waals surface area contributed by atoms with Gasteiger partial charge in [-0.2, -0.15) is 9.97 Å². The van der Waals surface area contributed by atoms with E-state index >= 15 is 0 Å². The second kappa shape index (κ2) is 7.50. The van der Waals surface area contributed by atoms with Crippen LogP contribution in [0.15, 0.2) is 12.3 Å². The number of aromatic nitrogens is 5. The Morgan fingerprint density at radius 3 is 2.22 bits per heavy atom. The van der Waals surface area contributed by atoms with Gasteiger partial charge in [-0.1, -0.05) is 0 Å². The van der Waals surface area contributed by atoms with Crippen molar-refractivity contribution in [2.45, 2.75) is 37.6 Å². The lowest BCUT2D eigenvalue weighted by molar-refractivity contribution is 0.338. The molecule has 0 bridgehead atoms. The molecule has 1 aliphatic heterocycles. The highest BCUT2D eigenvalue weighted by Crippen LogP contribution is 2.38. The molecule has 0 spiro atoms. The lowest BCUT2D eigenvalue weighted by atomic mass is 10.0. The molecule has 2 fully saturated rings. The quantitative estimate of drug-likeness (QED) is 0.752. The van der Waals surface area contributed by atoms with Crippen molar-refractivity contribution in [1.29, 1.82) is 0 Å². The molecule has 144 valence electrons. The molecule has 1 saturated carbocycles. The van der Waals surface area contributed by atoms with Gasteiger partial charge in [0.25, 0.3) is 0 Å². The van der Waals surface area contributed by atoms with E-state index in [2.05, 4.69) is 36.8 Å². The molecule has 9 nitrogen and oxygen atoms in total. The molecule has 2 aromatic rings. The van der Waals surface area contributed by atoms with Crippen LogP contribution in [0.3, 0.4) is 0 Å². The monoisotopic (exact) mass is 371 g/mol. The van der Waals surface area contributed by atoms with E-state index in [4.69, 9.17) is 14.5 Å². The van der Waals surface area contributed by atoms with Crippen LogP contribution in [0.25, 0.3) is 0 Å². The molecule has 1 saturated heterocycles. The summed E-state index contributed by atoms with van der Waals surface area (Å²) in [6.07, 6.45) is 6.30. The Hall–Kier alpha value is -2.71. The Morgan fingerprint density at radius 2 is 1.63 bits per heavy atom. The van der Waals surface area contributed by atoms with Crippen molar-refractivity contribution in [2.75, 3.05) is 44.2 Å². The summed E-state index contributed by atoms with van der Waals surface area (Å²) in [5.41, 5.74) is 0. The van der Waals surface area contributed by atoms with Gasteiger partial charge in [-0.15, -0.1) is 4.98 Å². The lowest BCUT2D eigenvalue weighted by Gasteiger charge is -2.37. The number of anilines is 2. The first-order chi connectivity index (χ1) is 13.2. The van der Waals surface area contributed by atoms with Crippen molar-refractivity contribution in [3.05, 3.63) is 18.1 Å². The molecule has 9 heteroatoms. The van der Waals surface area contributed by atoms with Gasteiger partial charge in [0.1, 0.15) is 11.6 Å². The second-order valence-corrected chi connectivity index (χ2v) is 6.99. The summed E-state index contributed by atoms with van der Waals surface area (Å²) in [6.45, 7) is 1.71. The molecular formula is C18H25N7O2. The molecule has 3 heterocycles. The number of methoxy groups -OCH3 is 2. The van der Waals surface area contributed by atoms with Crippen LogP contribution >= 0.6 is 0 Å². The minimum Gasteiger partial charge on any atom is -0.467 e. The zero-order chi connectivity index (χ0) is 18.8. The molecule has 2 aliphatic rings. The van der Waals surface area contributed by atoms with Crippen LogP contribution in [0, 0.1) is 0 Å². The first-order valence-electron chi connectivity index (χ1n) is 9.32. The molecule has 0 radical (unpaired) electrons. The number of hydrogen-bond acceptors (Lipinski definition) is 9. The van der Waals surface area contributed by atoms with Crippen molar-refractivity contribution >= 4 is 11.8 Å². The van der Waals surface area contributed by atoms with Gasteiger partial charge >= 0.3 is 12.0 Å². The molecule has 1 aliphatic carbocycles. The van der Waals surface area contributed by atoms with E-state index in [9.17, 15) is 0 Å². The van der Waals surface area contributed by atoms with Crippen LogP contribution in [-0.2, 0) is 0 Å². The van der Waals surface area contributed by atoms with Gasteiger partial charge < -0.3 is 19.3 Å². The summed E-state index contributed by atoms with van der Waals surface area (Å²) in [6, 6.07) is 2.96. The highest BCUT2D eigenvalue weighted by atomic mass is 16.5. The molecule has 0 amide bonds. The van der Waals surface area contributed by atoms with Crippen molar-refractivity contribution in [3.63, 3.8) is 0 Å². The van der Waals surface area contributed by atoms with Crippen LogP contribution < -0.4 is 19.3 Å². The van der Waals surface area contributed by atoms with Crippen molar-refractivity contribution in [3.8, 4) is 12.0 Å². The number of piperidine rings is 1. The number of hydrogen-bond donors (Lipinski definition) is 0. The van der Waals surface area contributed by atoms with E-state index in [1.165, 1.54) is 27.1 Å². The fourth-order valence-corrected chi connectivity index (χ4v) is 3.39. The maximum absolute atomic E-state index is 5.15. The Morgan fingerprint density at radius 1 is 0.963 bits per heavy atom.